The summed E-state index contributed by atoms with van der Waals surface area (Å²) < 4.78 is 44.5. The second-order valence-corrected chi connectivity index (χ2v) is 3.07. The van der Waals surface area contributed by atoms with Gasteiger partial charge in [0.15, 0.2) is 0 Å². The number of hydrogen-bond acceptors (Lipinski definition) is 4. The summed E-state index contributed by atoms with van der Waals surface area (Å²) in [6.07, 6.45) is -5.26. The van der Waals surface area contributed by atoms with Gasteiger partial charge in [-0.25, -0.2) is 0 Å². The molecule has 0 aromatic heterocycles. The smallest absolute Gasteiger partial charge is 0.391 e. The van der Waals surface area contributed by atoms with E-state index in [1.165, 1.54) is 7.11 Å². The number of halogens is 3. The number of rotatable bonds is 7. The van der Waals surface area contributed by atoms with Crippen molar-refractivity contribution in [1.29, 1.82) is 0 Å². The van der Waals surface area contributed by atoms with Crippen molar-refractivity contribution in [1.82, 2.24) is 5.32 Å². The molecule has 1 unspecified atom stereocenters. The summed E-state index contributed by atoms with van der Waals surface area (Å²) in [6, 6.07) is -0.719. The maximum Gasteiger partial charge on any atom is 0.391 e. The third kappa shape index (κ3) is 7.47. The molecule has 16 heavy (non-hydrogen) atoms. The van der Waals surface area contributed by atoms with Crippen molar-refractivity contribution in [3.05, 3.63) is 0 Å². The first-order chi connectivity index (χ1) is 7.40. The number of likely N-dealkylation sites (N-methyl/N-ethyl adjacent to an activating group) is 1. The molecule has 0 bridgehead atoms. The number of methoxy groups -OCH3 is 1. The van der Waals surface area contributed by atoms with Crippen LogP contribution in [0.5, 0.6) is 0 Å². The Labute approximate surface area is 92.1 Å². The lowest BCUT2D eigenvalue weighted by Crippen LogP contribution is -2.41. The first-order valence-electron chi connectivity index (χ1n) is 4.86. The predicted molar refractivity (Wildman–Crippen MR) is 51.0 cm³/mol. The summed E-state index contributed by atoms with van der Waals surface area (Å²) in [5.74, 6) is -0.547. The molecule has 4 nitrogen and oxygen atoms in total. The second-order valence-electron chi connectivity index (χ2n) is 3.07. The predicted octanol–water partition coefficient (Wildman–Crippen LogP) is 1.11. The van der Waals surface area contributed by atoms with Crippen LogP contribution in [-0.4, -0.2) is 45.1 Å². The highest BCUT2D eigenvalue weighted by Gasteiger charge is 2.27. The number of carbonyl (C=O) groups is 1. The van der Waals surface area contributed by atoms with Crippen molar-refractivity contribution >= 4 is 5.97 Å². The van der Waals surface area contributed by atoms with E-state index < -0.39 is 31.2 Å². The van der Waals surface area contributed by atoms with E-state index in [1.807, 2.05) is 0 Å². The zero-order valence-electron chi connectivity index (χ0n) is 9.26. The van der Waals surface area contributed by atoms with E-state index in [0.717, 1.165) is 0 Å². The van der Waals surface area contributed by atoms with Crippen LogP contribution in [0.1, 0.15) is 13.3 Å². The summed E-state index contributed by atoms with van der Waals surface area (Å²) >= 11 is 0. The second kappa shape index (κ2) is 7.45. The molecule has 0 saturated heterocycles. The van der Waals surface area contributed by atoms with Gasteiger partial charge in [0.1, 0.15) is 6.04 Å². The Morgan fingerprint density at radius 2 is 2.06 bits per heavy atom. The van der Waals surface area contributed by atoms with Crippen molar-refractivity contribution in [2.24, 2.45) is 0 Å². The van der Waals surface area contributed by atoms with Gasteiger partial charge in [-0.2, -0.15) is 13.2 Å². The fourth-order valence-electron chi connectivity index (χ4n) is 0.988. The van der Waals surface area contributed by atoms with Gasteiger partial charge >= 0.3 is 12.1 Å². The van der Waals surface area contributed by atoms with Crippen LogP contribution in [-0.2, 0) is 14.3 Å². The average Bonchev–Trinajstić information content (AvgIpc) is 2.20. The minimum Gasteiger partial charge on any atom is -0.468 e. The number of ether oxygens (including phenoxy) is 2. The number of carbonyl (C=O) groups excluding carboxylic acids is 1. The van der Waals surface area contributed by atoms with Crippen molar-refractivity contribution < 1.29 is 27.4 Å². The zero-order chi connectivity index (χ0) is 12.6. The molecule has 0 aromatic carbocycles. The molecule has 0 amide bonds. The summed E-state index contributed by atoms with van der Waals surface area (Å²) in [4.78, 5) is 11.1. The van der Waals surface area contributed by atoms with E-state index in [-0.39, 0.29) is 6.61 Å². The molecule has 0 aliphatic rings. The van der Waals surface area contributed by atoms with E-state index in [9.17, 15) is 18.0 Å². The maximum absolute atomic E-state index is 11.8. The quantitative estimate of drug-likeness (QED) is 0.537. The molecular weight excluding hydrogens is 227 g/mol. The lowest BCUT2D eigenvalue weighted by molar-refractivity contribution is -0.150. The minimum absolute atomic E-state index is 0.128. The number of esters is 1. The minimum atomic E-state index is -4.24. The van der Waals surface area contributed by atoms with Gasteiger partial charge in [-0.1, -0.05) is 6.92 Å². The first-order valence-corrected chi connectivity index (χ1v) is 4.86. The fraction of sp³-hybridized carbons (Fsp3) is 0.889. The number of nitrogens with one attached hydrogen (secondary N) is 1. The molecule has 1 N–H and O–H groups in total. The Hall–Kier alpha value is -0.820. The van der Waals surface area contributed by atoms with E-state index in [4.69, 9.17) is 4.74 Å². The summed E-state index contributed by atoms with van der Waals surface area (Å²) in [5, 5.41) is 2.75. The number of alkyl halides is 3. The maximum atomic E-state index is 11.8. The summed E-state index contributed by atoms with van der Waals surface area (Å²) in [6.45, 7) is 1.69. The average molecular weight is 243 g/mol. The van der Waals surface area contributed by atoms with Crippen molar-refractivity contribution in [2.45, 2.75) is 25.6 Å². The van der Waals surface area contributed by atoms with Crippen LogP contribution >= 0.6 is 0 Å². The van der Waals surface area contributed by atoms with Crippen LogP contribution in [0, 0.1) is 0 Å². The van der Waals surface area contributed by atoms with E-state index in [0.29, 0.717) is 6.54 Å². The monoisotopic (exact) mass is 243 g/mol. The van der Waals surface area contributed by atoms with Gasteiger partial charge in [-0.05, 0) is 6.54 Å². The van der Waals surface area contributed by atoms with Crippen LogP contribution in [0.2, 0.25) is 0 Å². The lowest BCUT2D eigenvalue weighted by atomic mass is 10.3. The van der Waals surface area contributed by atoms with E-state index >= 15 is 0 Å². The molecule has 0 fully saturated rings. The summed E-state index contributed by atoms with van der Waals surface area (Å²) in [5.41, 5.74) is 0. The largest absolute Gasteiger partial charge is 0.468 e. The molecule has 96 valence electrons. The standard InChI is InChI=1S/C9H16F3NO3/c1-3-13-7(8(14)15-2)6-16-5-4-9(10,11)12/h7,13H,3-6H2,1-2H3. The normalized spacial score (nSPS) is 13.6. The van der Waals surface area contributed by atoms with Crippen LogP contribution < -0.4 is 5.32 Å². The zero-order valence-corrected chi connectivity index (χ0v) is 9.26. The van der Waals surface area contributed by atoms with Gasteiger partial charge in [0, 0.05) is 0 Å². The van der Waals surface area contributed by atoms with Gasteiger partial charge < -0.3 is 14.8 Å². The van der Waals surface area contributed by atoms with Crippen LogP contribution in [0.4, 0.5) is 13.2 Å². The van der Waals surface area contributed by atoms with Crippen LogP contribution in [0.25, 0.3) is 0 Å². The van der Waals surface area contributed by atoms with Gasteiger partial charge in [0.25, 0.3) is 0 Å². The highest BCUT2D eigenvalue weighted by Crippen LogP contribution is 2.18. The molecule has 7 heteroatoms. The topological polar surface area (TPSA) is 47.6 Å². The fourth-order valence-corrected chi connectivity index (χ4v) is 0.988. The molecule has 0 rings (SSSR count). The van der Waals surface area contributed by atoms with Crippen molar-refractivity contribution in [3.8, 4) is 0 Å². The molecular formula is C9H16F3NO3. The van der Waals surface area contributed by atoms with Crippen molar-refractivity contribution in [3.63, 3.8) is 0 Å². The van der Waals surface area contributed by atoms with Gasteiger partial charge in [0.2, 0.25) is 0 Å². The van der Waals surface area contributed by atoms with E-state index in [1.54, 1.807) is 6.92 Å². The molecule has 0 aliphatic heterocycles. The highest BCUT2D eigenvalue weighted by atomic mass is 19.4. The third-order valence-corrected chi connectivity index (χ3v) is 1.75. The Morgan fingerprint density at radius 1 is 1.44 bits per heavy atom. The SMILES string of the molecule is CCNC(COCCC(F)(F)F)C(=O)OC. The molecule has 0 aliphatic carbocycles. The Morgan fingerprint density at radius 3 is 2.50 bits per heavy atom. The first kappa shape index (κ1) is 15.2. The van der Waals surface area contributed by atoms with Gasteiger partial charge in [-0.3, -0.25) is 4.79 Å². The molecule has 0 heterocycles. The molecule has 1 atom stereocenters. The van der Waals surface area contributed by atoms with Gasteiger partial charge in [-0.15, -0.1) is 0 Å². The van der Waals surface area contributed by atoms with Crippen molar-refractivity contribution in [2.75, 3.05) is 26.9 Å². The van der Waals surface area contributed by atoms with E-state index in [2.05, 4.69) is 10.1 Å². The number of hydrogen-bond donors (Lipinski definition) is 1. The summed E-state index contributed by atoms with van der Waals surface area (Å²) in [7, 11) is 1.21. The van der Waals surface area contributed by atoms with Crippen LogP contribution in [0.3, 0.4) is 0 Å². The van der Waals surface area contributed by atoms with Crippen LogP contribution in [0.15, 0.2) is 0 Å². The molecule has 0 saturated carbocycles. The highest BCUT2D eigenvalue weighted by molar-refractivity contribution is 5.75. The molecule has 0 radical (unpaired) electrons. The Kier molecular flexibility index (Phi) is 7.07. The Bertz CT molecular complexity index is 209. The Balaban J connectivity index is 3.81. The molecule has 0 aromatic rings. The third-order valence-electron chi connectivity index (χ3n) is 1.75. The van der Waals surface area contributed by atoms with Gasteiger partial charge in [0.05, 0.1) is 26.7 Å². The molecule has 0 spiro atoms. The lowest BCUT2D eigenvalue weighted by Gasteiger charge is -2.15.